The Hall–Kier alpha value is -2.93. The predicted molar refractivity (Wildman–Crippen MR) is 113 cm³/mol. The van der Waals surface area contributed by atoms with E-state index >= 15 is 0 Å². The third-order valence-corrected chi connectivity index (χ3v) is 6.87. The van der Waals surface area contributed by atoms with Gasteiger partial charge in [-0.2, -0.15) is 0 Å². The van der Waals surface area contributed by atoms with Gasteiger partial charge < -0.3 is 28.2 Å². The van der Waals surface area contributed by atoms with Gasteiger partial charge in [-0.25, -0.2) is 0 Å². The Bertz CT molecular complexity index is 1030. The Morgan fingerprint density at radius 3 is 2.61 bits per heavy atom. The van der Waals surface area contributed by atoms with E-state index in [1.165, 1.54) is 5.56 Å². The largest absolute Gasteiger partial charge is 0.497 e. The van der Waals surface area contributed by atoms with Crippen molar-refractivity contribution in [2.45, 2.75) is 25.3 Å². The molecule has 3 heterocycles. The fraction of sp³-hybridized carbons (Fsp3) is 0.458. The fourth-order valence-electron chi connectivity index (χ4n) is 5.08. The number of ether oxygens (including phenoxy) is 5. The number of hydrogen-bond acceptors (Lipinski definition) is 6. The molecule has 0 radical (unpaired) electrons. The third kappa shape index (κ3) is 3.37. The second-order valence-electron chi connectivity index (χ2n) is 8.47. The van der Waals surface area contributed by atoms with Gasteiger partial charge in [0.05, 0.1) is 39.9 Å². The summed E-state index contributed by atoms with van der Waals surface area (Å²) in [5.74, 6) is 3.71. The van der Waals surface area contributed by atoms with Crippen molar-refractivity contribution in [1.82, 2.24) is 0 Å². The molecule has 0 N–H and O–H groups in total. The minimum absolute atomic E-state index is 0.0740. The summed E-state index contributed by atoms with van der Waals surface area (Å²) in [6, 6.07) is 7.74. The predicted octanol–water partition coefficient (Wildman–Crippen LogP) is 3.07. The highest BCUT2D eigenvalue weighted by Gasteiger charge is 2.54. The maximum Gasteiger partial charge on any atom is 0.231 e. The summed E-state index contributed by atoms with van der Waals surface area (Å²) in [7, 11) is 4.90. The van der Waals surface area contributed by atoms with Gasteiger partial charge in [-0.05, 0) is 17.7 Å². The second kappa shape index (κ2) is 7.64. The summed E-state index contributed by atoms with van der Waals surface area (Å²) in [4.78, 5) is 13.3. The zero-order valence-corrected chi connectivity index (χ0v) is 18.2. The number of rotatable bonds is 7. The van der Waals surface area contributed by atoms with Crippen LogP contribution in [0.15, 0.2) is 24.3 Å². The molecule has 0 saturated carbocycles. The molecular formula is C24H28NO6+. The highest BCUT2D eigenvalue weighted by molar-refractivity contribution is 5.82. The van der Waals surface area contributed by atoms with E-state index in [0.717, 1.165) is 53.2 Å². The van der Waals surface area contributed by atoms with E-state index in [1.54, 1.807) is 21.3 Å². The van der Waals surface area contributed by atoms with Crippen LogP contribution in [-0.2, 0) is 17.6 Å². The van der Waals surface area contributed by atoms with E-state index in [-0.39, 0.29) is 18.6 Å². The molecule has 0 amide bonds. The Morgan fingerprint density at radius 2 is 1.90 bits per heavy atom. The number of carbonyl (C=O) groups excluding carboxylic acids is 1. The van der Waals surface area contributed by atoms with Gasteiger partial charge in [0.1, 0.15) is 36.4 Å². The van der Waals surface area contributed by atoms with Crippen molar-refractivity contribution in [2.24, 2.45) is 0 Å². The summed E-state index contributed by atoms with van der Waals surface area (Å²) in [6.07, 6.45) is 1.74. The van der Waals surface area contributed by atoms with Crippen LogP contribution < -0.4 is 23.7 Å². The maximum atomic E-state index is 13.3. The molecule has 7 heteroatoms. The number of hydrogen-bond donors (Lipinski definition) is 0. The van der Waals surface area contributed by atoms with Crippen molar-refractivity contribution in [3.05, 3.63) is 41.0 Å². The molecule has 5 rings (SSSR count). The molecule has 1 fully saturated rings. The normalized spacial score (nSPS) is 19.6. The van der Waals surface area contributed by atoms with E-state index in [0.29, 0.717) is 30.1 Å². The summed E-state index contributed by atoms with van der Waals surface area (Å²) in [5.41, 5.74) is 3.20. The molecule has 0 aliphatic carbocycles. The van der Waals surface area contributed by atoms with E-state index in [4.69, 9.17) is 23.7 Å². The lowest BCUT2D eigenvalue weighted by Crippen LogP contribution is -2.39. The lowest BCUT2D eigenvalue weighted by molar-refractivity contribution is -0.835. The first-order chi connectivity index (χ1) is 15.1. The van der Waals surface area contributed by atoms with Crippen LogP contribution >= 0.6 is 0 Å². The molecule has 2 aromatic carbocycles. The van der Waals surface area contributed by atoms with Crippen LogP contribution in [0.2, 0.25) is 0 Å². The van der Waals surface area contributed by atoms with E-state index in [2.05, 4.69) is 6.07 Å². The molecule has 7 nitrogen and oxygen atoms in total. The van der Waals surface area contributed by atoms with Crippen molar-refractivity contribution < 1.29 is 33.0 Å². The highest BCUT2D eigenvalue weighted by Crippen LogP contribution is 2.54. The summed E-state index contributed by atoms with van der Waals surface area (Å²) >= 11 is 0. The quantitative estimate of drug-likeness (QED) is 0.501. The van der Waals surface area contributed by atoms with Gasteiger partial charge in [-0.3, -0.25) is 4.79 Å². The number of methoxy groups -OCH3 is 3. The monoisotopic (exact) mass is 426 g/mol. The molecule has 3 aliphatic rings. The van der Waals surface area contributed by atoms with Crippen LogP contribution in [0.4, 0.5) is 0 Å². The zero-order chi connectivity index (χ0) is 21.6. The summed E-state index contributed by atoms with van der Waals surface area (Å²) in [5, 5.41) is 0. The van der Waals surface area contributed by atoms with Crippen molar-refractivity contribution in [3.63, 3.8) is 0 Å². The van der Waals surface area contributed by atoms with Crippen LogP contribution in [0.1, 0.15) is 29.2 Å². The van der Waals surface area contributed by atoms with Gasteiger partial charge in [0.2, 0.25) is 12.5 Å². The SMILES string of the molecule is COc1ccc(CC(=O)CC2c3c(cc4c(c3OC)OCO4)CC[N+]23CC3)c(OC)c1. The molecule has 0 bridgehead atoms. The number of benzene rings is 2. The summed E-state index contributed by atoms with van der Waals surface area (Å²) in [6.45, 7) is 3.44. The molecule has 1 atom stereocenters. The fourth-order valence-corrected chi connectivity index (χ4v) is 5.08. The first-order valence-corrected chi connectivity index (χ1v) is 10.7. The van der Waals surface area contributed by atoms with Crippen LogP contribution in [0.3, 0.4) is 0 Å². The van der Waals surface area contributed by atoms with Gasteiger partial charge in [-0.15, -0.1) is 0 Å². The van der Waals surface area contributed by atoms with Crippen molar-refractivity contribution in [2.75, 3.05) is 47.8 Å². The molecule has 1 unspecified atom stereocenters. The topological polar surface area (TPSA) is 63.2 Å². The number of fused-ring (bicyclic) bond motifs is 2. The molecule has 1 saturated heterocycles. The van der Waals surface area contributed by atoms with E-state index in [9.17, 15) is 4.79 Å². The lowest BCUT2D eigenvalue weighted by atomic mass is 9.87. The minimum atomic E-state index is 0.0740. The Morgan fingerprint density at radius 1 is 1.06 bits per heavy atom. The molecule has 2 aromatic rings. The number of ketones is 1. The smallest absolute Gasteiger partial charge is 0.231 e. The average molecular weight is 426 g/mol. The van der Waals surface area contributed by atoms with Crippen LogP contribution in [0.25, 0.3) is 0 Å². The lowest BCUT2D eigenvalue weighted by Gasteiger charge is -2.35. The molecule has 31 heavy (non-hydrogen) atoms. The maximum absolute atomic E-state index is 13.3. The molecule has 3 aliphatic heterocycles. The average Bonchev–Trinajstić information content (AvgIpc) is 3.41. The van der Waals surface area contributed by atoms with Crippen molar-refractivity contribution >= 4 is 5.78 Å². The summed E-state index contributed by atoms with van der Waals surface area (Å²) < 4.78 is 28.8. The van der Waals surface area contributed by atoms with E-state index < -0.39 is 0 Å². The number of quaternary nitrogens is 1. The van der Waals surface area contributed by atoms with Gasteiger partial charge in [0.15, 0.2) is 11.5 Å². The number of nitrogens with zero attached hydrogens (tertiary/aromatic N) is 1. The minimum Gasteiger partial charge on any atom is -0.497 e. The van der Waals surface area contributed by atoms with E-state index in [1.807, 2.05) is 18.2 Å². The Balaban J connectivity index is 1.45. The first kappa shape index (κ1) is 20.0. The highest BCUT2D eigenvalue weighted by atomic mass is 16.7. The Labute approximate surface area is 182 Å². The number of carbonyl (C=O) groups is 1. The van der Waals surface area contributed by atoms with Gasteiger partial charge in [0.25, 0.3) is 0 Å². The second-order valence-corrected chi connectivity index (χ2v) is 8.47. The van der Waals surface area contributed by atoms with Crippen LogP contribution in [0.5, 0.6) is 28.7 Å². The zero-order valence-electron chi connectivity index (χ0n) is 18.2. The first-order valence-electron chi connectivity index (χ1n) is 10.7. The van der Waals surface area contributed by atoms with Gasteiger partial charge in [0, 0.05) is 24.5 Å². The molecular weight excluding hydrogens is 398 g/mol. The van der Waals surface area contributed by atoms with Gasteiger partial charge in [-0.1, -0.05) is 6.07 Å². The third-order valence-electron chi connectivity index (χ3n) is 6.87. The molecule has 164 valence electrons. The van der Waals surface area contributed by atoms with Crippen molar-refractivity contribution in [3.8, 4) is 28.7 Å². The van der Waals surface area contributed by atoms with Gasteiger partial charge >= 0.3 is 0 Å². The van der Waals surface area contributed by atoms with Crippen LogP contribution in [0, 0.1) is 0 Å². The number of Topliss-reactive ketones (excluding diaryl/α,β-unsaturated/α-hetero) is 1. The van der Waals surface area contributed by atoms with Crippen LogP contribution in [-0.4, -0.2) is 58.0 Å². The molecule has 0 aromatic heterocycles. The standard InChI is InChI=1S/C24H28NO6/c1-27-18-5-4-15(20(13-18)28-2)10-17(26)12-19-22-16(6-7-25(19)8-9-25)11-21-23(24(22)29-3)31-14-30-21/h4-5,11,13,19H,6-10,12,14H2,1-3H3/q+1. The molecule has 1 spiro atoms. The van der Waals surface area contributed by atoms with Crippen molar-refractivity contribution in [1.29, 1.82) is 0 Å². The Kier molecular flexibility index (Phi) is 4.93.